The fourth-order valence-electron chi connectivity index (χ4n) is 1.76. The Kier molecular flexibility index (Phi) is 5.89. The van der Waals surface area contributed by atoms with Gasteiger partial charge in [-0.05, 0) is 37.6 Å². The van der Waals surface area contributed by atoms with E-state index in [0.29, 0.717) is 22.8 Å². The lowest BCUT2D eigenvalue weighted by Crippen LogP contribution is -2.05. The first-order valence-electron chi connectivity index (χ1n) is 7.20. The highest BCUT2D eigenvalue weighted by molar-refractivity contribution is 7.10. The smallest absolute Gasteiger partial charge is 0.338 e. The Labute approximate surface area is 139 Å². The van der Waals surface area contributed by atoms with Gasteiger partial charge in [0.15, 0.2) is 0 Å². The van der Waals surface area contributed by atoms with E-state index in [1.54, 1.807) is 30.5 Å². The van der Waals surface area contributed by atoms with Crippen molar-refractivity contribution in [2.45, 2.75) is 20.3 Å². The molecule has 6 heteroatoms. The number of ether oxygens (including phenoxy) is 1. The van der Waals surface area contributed by atoms with Crippen LogP contribution in [0, 0.1) is 18.3 Å². The number of nitrogens with zero attached hydrogens (tertiary/aromatic N) is 2. The summed E-state index contributed by atoms with van der Waals surface area (Å²) in [6, 6.07) is 9.03. The van der Waals surface area contributed by atoms with Crippen LogP contribution >= 0.6 is 11.3 Å². The second kappa shape index (κ2) is 8.11. The predicted molar refractivity (Wildman–Crippen MR) is 91.1 cm³/mol. The standard InChI is InChI=1S/C17H17N3O2S/c1-3-8-22-17(21)13-4-6-15(7-5-13)19-10-14(9-18)16-20-12(2)11-23-16/h4-7,10-11,19H,3,8H2,1-2H3/b14-10+. The van der Waals surface area contributed by atoms with E-state index in [-0.39, 0.29) is 5.97 Å². The fourth-order valence-corrected chi connectivity index (χ4v) is 2.52. The number of esters is 1. The quantitative estimate of drug-likeness (QED) is 0.641. The van der Waals surface area contributed by atoms with Crippen molar-refractivity contribution < 1.29 is 9.53 Å². The monoisotopic (exact) mass is 327 g/mol. The molecule has 2 rings (SSSR count). The molecule has 0 fully saturated rings. The van der Waals surface area contributed by atoms with Crippen molar-refractivity contribution in [2.24, 2.45) is 0 Å². The van der Waals surface area contributed by atoms with Crippen molar-refractivity contribution in [1.29, 1.82) is 5.26 Å². The molecule has 1 heterocycles. The number of anilines is 1. The first-order valence-corrected chi connectivity index (χ1v) is 8.08. The lowest BCUT2D eigenvalue weighted by Gasteiger charge is -2.05. The van der Waals surface area contributed by atoms with Gasteiger partial charge >= 0.3 is 5.97 Å². The third-order valence-electron chi connectivity index (χ3n) is 2.91. The molecule has 5 nitrogen and oxygen atoms in total. The zero-order valence-electron chi connectivity index (χ0n) is 13.0. The molecule has 0 spiro atoms. The molecule has 1 aromatic carbocycles. The van der Waals surface area contributed by atoms with E-state index in [0.717, 1.165) is 17.8 Å². The maximum absolute atomic E-state index is 11.7. The van der Waals surface area contributed by atoms with Crippen LogP contribution in [0.25, 0.3) is 5.57 Å². The van der Waals surface area contributed by atoms with Crippen molar-refractivity contribution in [3.63, 3.8) is 0 Å². The second-order valence-corrected chi connectivity index (χ2v) is 5.68. The van der Waals surface area contributed by atoms with Crippen LogP contribution < -0.4 is 5.32 Å². The highest BCUT2D eigenvalue weighted by Gasteiger charge is 2.07. The topological polar surface area (TPSA) is 75.0 Å². The van der Waals surface area contributed by atoms with Gasteiger partial charge in [-0.15, -0.1) is 11.3 Å². The van der Waals surface area contributed by atoms with Gasteiger partial charge < -0.3 is 10.1 Å². The first kappa shape index (κ1) is 16.7. The molecule has 23 heavy (non-hydrogen) atoms. The zero-order valence-corrected chi connectivity index (χ0v) is 13.8. The van der Waals surface area contributed by atoms with Crippen LogP contribution in [0.4, 0.5) is 5.69 Å². The Hall–Kier alpha value is -2.65. The number of nitrogens with one attached hydrogen (secondary N) is 1. The summed E-state index contributed by atoms with van der Waals surface area (Å²) in [6.45, 7) is 4.25. The molecule has 0 unspecified atom stereocenters. The van der Waals surface area contributed by atoms with Crippen LogP contribution in [0.3, 0.4) is 0 Å². The Morgan fingerprint density at radius 2 is 2.17 bits per heavy atom. The van der Waals surface area contributed by atoms with E-state index in [9.17, 15) is 10.1 Å². The molecule has 1 N–H and O–H groups in total. The minimum absolute atomic E-state index is 0.329. The minimum Gasteiger partial charge on any atom is -0.462 e. The number of benzene rings is 1. The van der Waals surface area contributed by atoms with E-state index in [1.807, 2.05) is 19.2 Å². The molecule has 0 aliphatic carbocycles. The predicted octanol–water partition coefficient (Wildman–Crippen LogP) is 3.99. The summed E-state index contributed by atoms with van der Waals surface area (Å²) in [5.41, 5.74) is 2.64. The number of aryl methyl sites for hydroxylation is 1. The summed E-state index contributed by atoms with van der Waals surface area (Å²) in [7, 11) is 0. The maximum Gasteiger partial charge on any atom is 0.338 e. The number of nitriles is 1. The number of rotatable bonds is 6. The van der Waals surface area contributed by atoms with E-state index in [1.165, 1.54) is 11.3 Å². The number of carbonyl (C=O) groups excluding carboxylic acids is 1. The molecular formula is C17H17N3O2S. The molecular weight excluding hydrogens is 310 g/mol. The van der Waals surface area contributed by atoms with Crippen LogP contribution in [-0.4, -0.2) is 17.6 Å². The largest absolute Gasteiger partial charge is 0.462 e. The van der Waals surface area contributed by atoms with Gasteiger partial charge in [0.05, 0.1) is 12.2 Å². The lowest BCUT2D eigenvalue weighted by atomic mass is 10.2. The van der Waals surface area contributed by atoms with Crippen LogP contribution in [0.15, 0.2) is 35.8 Å². The molecule has 1 aromatic heterocycles. The highest BCUT2D eigenvalue weighted by Crippen LogP contribution is 2.19. The number of carbonyl (C=O) groups is 1. The Morgan fingerprint density at radius 1 is 1.43 bits per heavy atom. The SMILES string of the molecule is CCCOC(=O)c1ccc(N/C=C(\C#N)c2nc(C)cs2)cc1. The Balaban J connectivity index is 2.04. The zero-order chi connectivity index (χ0) is 16.7. The van der Waals surface area contributed by atoms with Gasteiger partial charge in [-0.3, -0.25) is 0 Å². The molecule has 0 saturated carbocycles. The lowest BCUT2D eigenvalue weighted by molar-refractivity contribution is 0.0505. The van der Waals surface area contributed by atoms with Gasteiger partial charge in [-0.2, -0.15) is 5.26 Å². The number of thiazole rings is 1. The van der Waals surface area contributed by atoms with Gasteiger partial charge in [0.25, 0.3) is 0 Å². The van der Waals surface area contributed by atoms with Crippen LogP contribution in [0.5, 0.6) is 0 Å². The summed E-state index contributed by atoms with van der Waals surface area (Å²) < 4.78 is 5.07. The van der Waals surface area contributed by atoms with E-state index >= 15 is 0 Å². The second-order valence-electron chi connectivity index (χ2n) is 4.82. The molecule has 0 aliphatic rings. The van der Waals surface area contributed by atoms with Gasteiger partial charge in [-0.1, -0.05) is 6.92 Å². The van der Waals surface area contributed by atoms with E-state index in [2.05, 4.69) is 16.4 Å². The molecule has 0 atom stereocenters. The van der Waals surface area contributed by atoms with Crippen molar-refractivity contribution in [3.05, 3.63) is 52.1 Å². The number of hydrogen-bond acceptors (Lipinski definition) is 6. The summed E-state index contributed by atoms with van der Waals surface area (Å²) >= 11 is 1.43. The minimum atomic E-state index is -0.329. The normalized spacial score (nSPS) is 10.9. The van der Waals surface area contributed by atoms with Crippen LogP contribution in [0.2, 0.25) is 0 Å². The summed E-state index contributed by atoms with van der Waals surface area (Å²) in [4.78, 5) is 16.0. The maximum atomic E-state index is 11.7. The molecule has 2 aromatic rings. The van der Waals surface area contributed by atoms with Gasteiger partial charge in [0.1, 0.15) is 16.6 Å². The average molecular weight is 327 g/mol. The number of aromatic nitrogens is 1. The van der Waals surface area contributed by atoms with E-state index < -0.39 is 0 Å². The fraction of sp³-hybridized carbons (Fsp3) is 0.235. The molecule has 118 valence electrons. The Bertz CT molecular complexity index is 742. The molecule has 0 aliphatic heterocycles. The first-order chi connectivity index (χ1) is 11.1. The molecule has 0 amide bonds. The van der Waals surface area contributed by atoms with Crippen LogP contribution in [0.1, 0.15) is 34.4 Å². The third-order valence-corrected chi connectivity index (χ3v) is 3.90. The third kappa shape index (κ3) is 4.66. The molecule has 0 saturated heterocycles. The molecule has 0 radical (unpaired) electrons. The van der Waals surface area contributed by atoms with Gasteiger partial charge in [0, 0.05) is 23.0 Å². The van der Waals surface area contributed by atoms with Crippen molar-refractivity contribution >= 4 is 28.6 Å². The van der Waals surface area contributed by atoms with Crippen molar-refractivity contribution in [1.82, 2.24) is 4.98 Å². The average Bonchev–Trinajstić information content (AvgIpc) is 3.00. The molecule has 0 bridgehead atoms. The number of allylic oxidation sites excluding steroid dienone is 1. The summed E-state index contributed by atoms with van der Waals surface area (Å²) in [6.07, 6.45) is 2.41. The van der Waals surface area contributed by atoms with E-state index in [4.69, 9.17) is 4.74 Å². The van der Waals surface area contributed by atoms with Crippen molar-refractivity contribution in [3.8, 4) is 6.07 Å². The Morgan fingerprint density at radius 3 is 2.74 bits per heavy atom. The number of hydrogen-bond donors (Lipinski definition) is 1. The summed E-state index contributed by atoms with van der Waals surface area (Å²) in [5, 5.41) is 14.8. The van der Waals surface area contributed by atoms with Gasteiger partial charge in [-0.25, -0.2) is 9.78 Å². The van der Waals surface area contributed by atoms with Gasteiger partial charge in [0.2, 0.25) is 0 Å². The highest BCUT2D eigenvalue weighted by atomic mass is 32.1. The summed E-state index contributed by atoms with van der Waals surface area (Å²) in [5.74, 6) is -0.329. The van der Waals surface area contributed by atoms with Crippen molar-refractivity contribution in [2.75, 3.05) is 11.9 Å². The van der Waals surface area contributed by atoms with Crippen LogP contribution in [-0.2, 0) is 4.74 Å².